The Morgan fingerprint density at radius 1 is 1.71 bits per heavy atom. The number of carbonyl (C=O) groups excluding carboxylic acids is 1. The molecule has 0 aromatic carbocycles. The summed E-state index contributed by atoms with van der Waals surface area (Å²) >= 11 is 5.69. The zero-order valence-electron chi connectivity index (χ0n) is 8.71. The van der Waals surface area contributed by atoms with Crippen LogP contribution in [0.5, 0.6) is 0 Å². The van der Waals surface area contributed by atoms with Gasteiger partial charge in [-0.05, 0) is 6.92 Å². The zero-order chi connectivity index (χ0) is 13.0. The minimum absolute atomic E-state index is 0.105. The lowest BCUT2D eigenvalue weighted by atomic mass is 10.1. The van der Waals surface area contributed by atoms with Crippen LogP contribution in [0, 0.1) is 11.3 Å². The molecule has 1 heterocycles. The van der Waals surface area contributed by atoms with Crippen LogP contribution in [0.25, 0.3) is 0 Å². The Kier molecular flexibility index (Phi) is 4.35. The number of esters is 1. The van der Waals surface area contributed by atoms with E-state index in [0.29, 0.717) is 0 Å². The van der Waals surface area contributed by atoms with Crippen LogP contribution in [0.4, 0.5) is 8.78 Å². The number of hydrogen-bond donors (Lipinski definition) is 0. The van der Waals surface area contributed by atoms with Crippen LogP contribution in [0.3, 0.4) is 0 Å². The van der Waals surface area contributed by atoms with E-state index in [9.17, 15) is 13.6 Å². The quantitative estimate of drug-likeness (QED) is 0.784. The van der Waals surface area contributed by atoms with Crippen LogP contribution in [0.15, 0.2) is 6.20 Å². The number of pyridine rings is 1. The van der Waals surface area contributed by atoms with Gasteiger partial charge < -0.3 is 4.74 Å². The molecule has 17 heavy (non-hydrogen) atoms. The Balaban J connectivity index is 3.31. The van der Waals surface area contributed by atoms with E-state index in [1.54, 1.807) is 6.92 Å². The number of rotatable bonds is 3. The van der Waals surface area contributed by atoms with Crippen molar-refractivity contribution in [2.75, 3.05) is 6.61 Å². The maximum Gasteiger partial charge on any atom is 0.341 e. The van der Waals surface area contributed by atoms with E-state index >= 15 is 0 Å². The van der Waals surface area contributed by atoms with E-state index in [-0.39, 0.29) is 17.2 Å². The second-order valence-corrected chi connectivity index (χ2v) is 3.26. The largest absolute Gasteiger partial charge is 0.462 e. The molecule has 0 atom stereocenters. The van der Waals surface area contributed by atoms with Gasteiger partial charge in [-0.25, -0.2) is 13.6 Å². The van der Waals surface area contributed by atoms with Crippen LogP contribution in [0.1, 0.15) is 35.0 Å². The fourth-order valence-corrected chi connectivity index (χ4v) is 1.39. The summed E-state index contributed by atoms with van der Waals surface area (Å²) in [5.74, 6) is -0.803. The smallest absolute Gasteiger partial charge is 0.341 e. The molecule has 0 aliphatic carbocycles. The average molecular weight is 261 g/mol. The number of hydrogen-bond acceptors (Lipinski definition) is 4. The van der Waals surface area contributed by atoms with E-state index in [0.717, 1.165) is 6.20 Å². The van der Waals surface area contributed by atoms with Crippen LogP contribution in [-0.2, 0) is 4.74 Å². The minimum atomic E-state index is -2.93. The summed E-state index contributed by atoms with van der Waals surface area (Å²) in [6, 6.07) is 1.50. The van der Waals surface area contributed by atoms with Gasteiger partial charge in [0, 0.05) is 6.20 Å². The molecule has 0 saturated carbocycles. The van der Waals surface area contributed by atoms with E-state index in [2.05, 4.69) is 9.72 Å². The third kappa shape index (κ3) is 2.68. The van der Waals surface area contributed by atoms with E-state index in [1.807, 2.05) is 0 Å². The number of nitriles is 1. The summed E-state index contributed by atoms with van der Waals surface area (Å²) in [7, 11) is 0. The number of ether oxygens (including phenoxy) is 1. The molecule has 0 unspecified atom stereocenters. The molecule has 7 heteroatoms. The molecular weight excluding hydrogens is 254 g/mol. The van der Waals surface area contributed by atoms with Crippen molar-refractivity contribution in [1.82, 2.24) is 4.98 Å². The topological polar surface area (TPSA) is 63.0 Å². The first-order valence-corrected chi connectivity index (χ1v) is 4.94. The molecule has 0 amide bonds. The molecule has 90 valence electrons. The van der Waals surface area contributed by atoms with Gasteiger partial charge in [0.05, 0.1) is 22.8 Å². The molecule has 1 aromatic heterocycles. The third-order valence-electron chi connectivity index (χ3n) is 1.86. The Labute approximate surface area is 101 Å². The predicted molar refractivity (Wildman–Crippen MR) is 54.9 cm³/mol. The van der Waals surface area contributed by atoms with Gasteiger partial charge in [-0.3, -0.25) is 4.98 Å². The summed E-state index contributed by atoms with van der Waals surface area (Å²) < 4.78 is 29.6. The third-order valence-corrected chi connectivity index (χ3v) is 2.25. The molecule has 1 rings (SSSR count). The van der Waals surface area contributed by atoms with Gasteiger partial charge in [0.25, 0.3) is 6.43 Å². The van der Waals surface area contributed by atoms with Crippen LogP contribution >= 0.6 is 11.6 Å². The Morgan fingerprint density at radius 2 is 2.35 bits per heavy atom. The standard InChI is InChI=1S/C10H7ClF2N2O2/c1-2-17-10(16)6-4-15-8(9(12)13)5(3-14)7(6)11/h4,9H,2H2,1H3. The molecule has 0 aliphatic rings. The molecule has 0 aliphatic heterocycles. The highest BCUT2D eigenvalue weighted by atomic mass is 35.5. The Bertz CT molecular complexity index is 486. The van der Waals surface area contributed by atoms with Crippen molar-refractivity contribution in [2.24, 2.45) is 0 Å². The second kappa shape index (κ2) is 5.55. The van der Waals surface area contributed by atoms with Gasteiger partial charge in [-0.1, -0.05) is 11.6 Å². The van der Waals surface area contributed by atoms with Crippen LogP contribution < -0.4 is 0 Å². The summed E-state index contributed by atoms with van der Waals surface area (Å²) in [6.07, 6.45) is -2.05. The molecule has 0 saturated heterocycles. The molecular formula is C10H7ClF2N2O2. The number of nitrogens with zero attached hydrogens (tertiary/aromatic N) is 2. The highest BCUT2D eigenvalue weighted by Crippen LogP contribution is 2.28. The Morgan fingerprint density at radius 3 is 2.82 bits per heavy atom. The summed E-state index contributed by atoms with van der Waals surface area (Å²) in [5.41, 5.74) is -1.45. The molecule has 0 spiro atoms. The normalized spacial score (nSPS) is 10.1. The zero-order valence-corrected chi connectivity index (χ0v) is 9.46. The first-order valence-electron chi connectivity index (χ1n) is 4.56. The lowest BCUT2D eigenvalue weighted by molar-refractivity contribution is 0.0525. The van der Waals surface area contributed by atoms with Gasteiger partial charge in [0.2, 0.25) is 0 Å². The predicted octanol–water partition coefficient (Wildman–Crippen LogP) is 2.72. The van der Waals surface area contributed by atoms with Gasteiger partial charge in [0.1, 0.15) is 11.8 Å². The van der Waals surface area contributed by atoms with Gasteiger partial charge >= 0.3 is 5.97 Å². The summed E-state index contributed by atoms with van der Waals surface area (Å²) in [4.78, 5) is 14.7. The first-order chi connectivity index (χ1) is 8.02. The maximum atomic E-state index is 12.5. The number of aromatic nitrogens is 1. The molecule has 0 N–H and O–H groups in total. The Hall–Kier alpha value is -1.74. The number of carbonyl (C=O) groups is 1. The van der Waals surface area contributed by atoms with Crippen molar-refractivity contribution in [2.45, 2.75) is 13.3 Å². The summed E-state index contributed by atoms with van der Waals surface area (Å²) in [5, 5.41) is 8.36. The number of halogens is 3. The van der Waals surface area contributed by atoms with Crippen LogP contribution in [-0.4, -0.2) is 17.6 Å². The first kappa shape index (κ1) is 13.3. The molecule has 0 fully saturated rings. The maximum absolute atomic E-state index is 12.5. The molecule has 1 aromatic rings. The summed E-state index contributed by atoms with van der Waals surface area (Å²) in [6.45, 7) is 1.69. The average Bonchev–Trinajstić information content (AvgIpc) is 2.28. The van der Waals surface area contributed by atoms with Crippen molar-refractivity contribution >= 4 is 17.6 Å². The SMILES string of the molecule is CCOC(=O)c1cnc(C(F)F)c(C#N)c1Cl. The molecule has 0 bridgehead atoms. The van der Waals surface area contributed by atoms with E-state index < -0.39 is 23.7 Å². The van der Waals surface area contributed by atoms with Gasteiger partial charge in [-0.2, -0.15) is 5.26 Å². The van der Waals surface area contributed by atoms with Gasteiger partial charge in [-0.15, -0.1) is 0 Å². The van der Waals surface area contributed by atoms with Gasteiger partial charge in [0.15, 0.2) is 0 Å². The lowest BCUT2D eigenvalue weighted by Crippen LogP contribution is -2.09. The van der Waals surface area contributed by atoms with Crippen molar-refractivity contribution in [1.29, 1.82) is 5.26 Å². The fourth-order valence-electron chi connectivity index (χ4n) is 1.13. The van der Waals surface area contributed by atoms with Crippen molar-refractivity contribution in [3.63, 3.8) is 0 Å². The van der Waals surface area contributed by atoms with E-state index in [1.165, 1.54) is 6.07 Å². The highest BCUT2D eigenvalue weighted by molar-refractivity contribution is 6.34. The van der Waals surface area contributed by atoms with Crippen molar-refractivity contribution in [3.8, 4) is 6.07 Å². The second-order valence-electron chi connectivity index (χ2n) is 2.88. The number of alkyl halides is 2. The fraction of sp³-hybridized carbons (Fsp3) is 0.300. The minimum Gasteiger partial charge on any atom is -0.462 e. The van der Waals surface area contributed by atoms with Crippen molar-refractivity contribution < 1.29 is 18.3 Å². The van der Waals surface area contributed by atoms with Crippen molar-refractivity contribution in [3.05, 3.63) is 28.0 Å². The lowest BCUT2D eigenvalue weighted by Gasteiger charge is -2.07. The highest BCUT2D eigenvalue weighted by Gasteiger charge is 2.23. The molecule has 0 radical (unpaired) electrons. The monoisotopic (exact) mass is 260 g/mol. The van der Waals surface area contributed by atoms with Crippen LogP contribution in [0.2, 0.25) is 5.02 Å². The molecule has 4 nitrogen and oxygen atoms in total. The van der Waals surface area contributed by atoms with E-state index in [4.69, 9.17) is 16.9 Å².